The molecule has 0 spiro atoms. The van der Waals surface area contributed by atoms with E-state index in [1.54, 1.807) is 0 Å². The van der Waals surface area contributed by atoms with Crippen molar-refractivity contribution >= 4 is 44.7 Å². The minimum Gasteiger partial charge on any atom is -0.294 e. The Labute approximate surface area is 115 Å². The van der Waals surface area contributed by atoms with Crippen molar-refractivity contribution in [2.24, 2.45) is 0 Å². The summed E-state index contributed by atoms with van der Waals surface area (Å²) in [4.78, 5) is 12.8. The normalized spacial score (nSPS) is 10.5. The van der Waals surface area contributed by atoms with E-state index in [9.17, 15) is 9.18 Å². The van der Waals surface area contributed by atoms with Gasteiger partial charge in [0.2, 0.25) is 0 Å². The first-order valence-corrected chi connectivity index (χ1v) is 6.83. The molecule has 0 N–H and O–H groups in total. The number of Topliss-reactive ketones (excluding diaryl/α,β-unsaturated/α-hetero) is 1. The molecule has 17 heavy (non-hydrogen) atoms. The van der Waals surface area contributed by atoms with Crippen molar-refractivity contribution in [3.8, 4) is 0 Å². The molecule has 5 heteroatoms. The highest BCUT2D eigenvalue weighted by Gasteiger charge is 2.16. The first-order chi connectivity index (χ1) is 8.08. The fourth-order valence-electron chi connectivity index (χ4n) is 1.46. The molecule has 2 aromatic rings. The number of benzene rings is 1. The average molecular weight is 334 g/mol. The van der Waals surface area contributed by atoms with Gasteiger partial charge in [-0.1, -0.05) is 17.7 Å². The van der Waals surface area contributed by atoms with E-state index in [1.165, 1.54) is 29.5 Å². The molecule has 0 unspecified atom stereocenters. The van der Waals surface area contributed by atoms with Gasteiger partial charge >= 0.3 is 0 Å². The molecule has 0 radical (unpaired) electrons. The monoisotopic (exact) mass is 332 g/mol. The third-order valence-corrected chi connectivity index (χ3v) is 4.21. The second kappa shape index (κ2) is 5.29. The molecule has 1 aromatic heterocycles. The van der Waals surface area contributed by atoms with Crippen LogP contribution >= 0.6 is 38.9 Å². The largest absolute Gasteiger partial charge is 0.294 e. The Morgan fingerprint density at radius 1 is 1.47 bits per heavy atom. The molecule has 0 bridgehead atoms. The number of hydrogen-bond donors (Lipinski definition) is 0. The van der Waals surface area contributed by atoms with Gasteiger partial charge in [0.15, 0.2) is 5.78 Å². The summed E-state index contributed by atoms with van der Waals surface area (Å²) >= 11 is 10.6. The molecule has 0 amide bonds. The molecular formula is C12H7BrClFOS. The second-order valence-electron chi connectivity index (χ2n) is 3.43. The van der Waals surface area contributed by atoms with Crippen molar-refractivity contribution in [3.63, 3.8) is 0 Å². The predicted molar refractivity (Wildman–Crippen MR) is 71.5 cm³/mol. The van der Waals surface area contributed by atoms with Crippen LogP contribution in [0, 0.1) is 5.82 Å². The molecule has 0 atom stereocenters. The van der Waals surface area contributed by atoms with E-state index in [-0.39, 0.29) is 22.8 Å². The molecule has 1 nitrogen and oxygen atoms in total. The smallest absolute Gasteiger partial charge is 0.172 e. The number of rotatable bonds is 3. The number of ketones is 1. The third-order valence-electron chi connectivity index (χ3n) is 2.20. The van der Waals surface area contributed by atoms with Crippen LogP contribution in [0.15, 0.2) is 34.1 Å². The maximum Gasteiger partial charge on any atom is 0.172 e. The molecular weight excluding hydrogens is 327 g/mol. The highest BCUT2D eigenvalue weighted by molar-refractivity contribution is 9.10. The molecule has 1 heterocycles. The van der Waals surface area contributed by atoms with Crippen LogP contribution in [0.1, 0.15) is 15.2 Å². The Bertz CT molecular complexity index is 547. The maximum atomic E-state index is 13.5. The van der Waals surface area contributed by atoms with Crippen molar-refractivity contribution < 1.29 is 9.18 Å². The first-order valence-electron chi connectivity index (χ1n) is 4.78. The van der Waals surface area contributed by atoms with Gasteiger partial charge in [-0.15, -0.1) is 11.3 Å². The molecule has 1 aromatic carbocycles. The van der Waals surface area contributed by atoms with E-state index in [1.807, 2.05) is 11.4 Å². The van der Waals surface area contributed by atoms with Crippen LogP contribution in [0.3, 0.4) is 0 Å². The van der Waals surface area contributed by atoms with E-state index in [2.05, 4.69) is 15.9 Å². The minimum absolute atomic E-state index is 0.0290. The van der Waals surface area contributed by atoms with Crippen molar-refractivity contribution in [3.05, 3.63) is 55.4 Å². The van der Waals surface area contributed by atoms with E-state index in [0.29, 0.717) is 0 Å². The lowest BCUT2D eigenvalue weighted by Gasteiger charge is -2.03. The summed E-state index contributed by atoms with van der Waals surface area (Å²) in [6.45, 7) is 0. The number of carbonyl (C=O) groups excluding carboxylic acids is 1. The quantitative estimate of drug-likeness (QED) is 0.742. The molecule has 0 aliphatic heterocycles. The molecule has 0 aliphatic carbocycles. The van der Waals surface area contributed by atoms with Crippen LogP contribution in [-0.2, 0) is 6.42 Å². The number of thiophene rings is 1. The Morgan fingerprint density at radius 2 is 2.24 bits per heavy atom. The summed E-state index contributed by atoms with van der Waals surface area (Å²) in [5.74, 6) is -0.874. The second-order valence-corrected chi connectivity index (χ2v) is 5.75. The molecule has 0 aliphatic rings. The third kappa shape index (κ3) is 2.94. The first kappa shape index (κ1) is 12.7. The van der Waals surface area contributed by atoms with Crippen molar-refractivity contribution in [1.29, 1.82) is 0 Å². The van der Waals surface area contributed by atoms with Crippen LogP contribution < -0.4 is 0 Å². The number of halogens is 3. The molecule has 0 fully saturated rings. The zero-order valence-corrected chi connectivity index (χ0v) is 11.7. The van der Waals surface area contributed by atoms with Crippen LogP contribution in [0.2, 0.25) is 5.02 Å². The van der Waals surface area contributed by atoms with Crippen LogP contribution in [0.25, 0.3) is 0 Å². The Hall–Kier alpha value is -0.710. The van der Waals surface area contributed by atoms with Gasteiger partial charge in [0.1, 0.15) is 5.82 Å². The van der Waals surface area contributed by atoms with Gasteiger partial charge in [0.05, 0.1) is 10.6 Å². The predicted octanol–water partition coefficient (Wildman–Crippen LogP) is 4.73. The van der Waals surface area contributed by atoms with Gasteiger partial charge in [-0.25, -0.2) is 4.39 Å². The van der Waals surface area contributed by atoms with Crippen LogP contribution in [0.4, 0.5) is 4.39 Å². The summed E-state index contributed by atoms with van der Waals surface area (Å²) in [7, 11) is 0. The lowest BCUT2D eigenvalue weighted by molar-refractivity contribution is 0.0990. The standard InChI is InChI=1S/C12H7BrClFOS/c13-7-4-8(17-6-7)5-11(16)12-9(14)2-1-3-10(12)15/h1-4,6H,5H2. The summed E-state index contributed by atoms with van der Waals surface area (Å²) in [6, 6.07) is 6.08. The van der Waals surface area contributed by atoms with Crippen molar-refractivity contribution in [2.75, 3.05) is 0 Å². The highest BCUT2D eigenvalue weighted by atomic mass is 79.9. The zero-order chi connectivity index (χ0) is 12.4. The molecule has 0 saturated heterocycles. The summed E-state index contributed by atoms with van der Waals surface area (Å²) in [6.07, 6.45) is 0.164. The summed E-state index contributed by atoms with van der Waals surface area (Å²) in [5.41, 5.74) is -0.0290. The topological polar surface area (TPSA) is 17.1 Å². The van der Waals surface area contributed by atoms with Gasteiger partial charge in [0.25, 0.3) is 0 Å². The molecule has 2 rings (SSSR count). The van der Waals surface area contributed by atoms with Gasteiger partial charge in [-0.3, -0.25) is 4.79 Å². The van der Waals surface area contributed by atoms with Gasteiger partial charge in [-0.05, 0) is 34.1 Å². The van der Waals surface area contributed by atoms with E-state index in [0.717, 1.165) is 9.35 Å². The summed E-state index contributed by atoms with van der Waals surface area (Å²) < 4.78 is 14.4. The number of hydrogen-bond acceptors (Lipinski definition) is 2. The Balaban J connectivity index is 2.26. The van der Waals surface area contributed by atoms with Crippen LogP contribution in [-0.4, -0.2) is 5.78 Å². The molecule has 0 saturated carbocycles. The van der Waals surface area contributed by atoms with Gasteiger partial charge in [-0.2, -0.15) is 0 Å². The fraction of sp³-hybridized carbons (Fsp3) is 0.0833. The fourth-order valence-corrected chi connectivity index (χ4v) is 3.18. The number of carbonyl (C=O) groups is 1. The van der Waals surface area contributed by atoms with E-state index < -0.39 is 5.82 Å². The lowest BCUT2D eigenvalue weighted by Crippen LogP contribution is -2.06. The average Bonchev–Trinajstić information content (AvgIpc) is 2.63. The van der Waals surface area contributed by atoms with Crippen molar-refractivity contribution in [2.45, 2.75) is 6.42 Å². The molecule has 88 valence electrons. The van der Waals surface area contributed by atoms with Gasteiger partial charge < -0.3 is 0 Å². The minimum atomic E-state index is -0.571. The Kier molecular flexibility index (Phi) is 3.97. The van der Waals surface area contributed by atoms with Crippen LogP contribution in [0.5, 0.6) is 0 Å². The highest BCUT2D eigenvalue weighted by Crippen LogP contribution is 2.24. The van der Waals surface area contributed by atoms with E-state index in [4.69, 9.17) is 11.6 Å². The van der Waals surface area contributed by atoms with E-state index >= 15 is 0 Å². The lowest BCUT2D eigenvalue weighted by atomic mass is 10.1. The zero-order valence-electron chi connectivity index (χ0n) is 8.54. The van der Waals surface area contributed by atoms with Gasteiger partial charge in [0, 0.05) is 21.2 Å². The summed E-state index contributed by atoms with van der Waals surface area (Å²) in [5, 5.41) is 2.04. The maximum absolute atomic E-state index is 13.5. The SMILES string of the molecule is O=C(Cc1cc(Br)cs1)c1c(F)cccc1Cl. The van der Waals surface area contributed by atoms with Crippen molar-refractivity contribution in [1.82, 2.24) is 0 Å². The Morgan fingerprint density at radius 3 is 2.82 bits per heavy atom.